The first-order valence-electron chi connectivity index (χ1n) is 8.73. The minimum atomic E-state index is -6.45. The Morgan fingerprint density at radius 2 is 1.38 bits per heavy atom. The molecule has 0 aliphatic carbocycles. The summed E-state index contributed by atoms with van der Waals surface area (Å²) in [5.74, 6) is -4.25. The minimum absolute atomic E-state index is 0.182. The van der Waals surface area contributed by atoms with Gasteiger partial charge in [0, 0.05) is 11.3 Å². The number of anilines is 1. The molecule has 0 radical (unpaired) electrons. The zero-order valence-corrected chi connectivity index (χ0v) is 16.5. The number of hydrogen-bond acceptors (Lipinski definition) is 3. The number of alkyl halides is 10. The van der Waals surface area contributed by atoms with Crippen LogP contribution in [0.1, 0.15) is 31.8 Å². The molecule has 2 rings (SSSR count). The van der Waals surface area contributed by atoms with Crippen molar-refractivity contribution in [3.05, 3.63) is 58.7 Å². The van der Waals surface area contributed by atoms with Crippen molar-refractivity contribution in [3.8, 4) is 5.75 Å². The first kappa shape index (κ1) is 26.7. The lowest BCUT2D eigenvalue weighted by molar-refractivity contribution is -0.348. The average molecular weight is 506 g/mol. The molecule has 2 aromatic carbocycles. The predicted octanol–water partition coefficient (Wildman–Crippen LogP) is 5.53. The number of nitrogens with one attached hydrogen (secondary N) is 1. The van der Waals surface area contributed by atoms with Crippen LogP contribution >= 0.6 is 0 Å². The number of hydrogen-bond donors (Lipinski definition) is 2. The van der Waals surface area contributed by atoms with Crippen LogP contribution in [-0.2, 0) is 5.67 Å². The van der Waals surface area contributed by atoms with E-state index in [4.69, 9.17) is 5.73 Å². The van der Waals surface area contributed by atoms with Gasteiger partial charge in [-0.05, 0) is 30.7 Å². The fraction of sp³-hybridized carbons (Fsp3) is 0.263. The van der Waals surface area contributed by atoms with Crippen molar-refractivity contribution in [1.82, 2.24) is 0 Å². The molecule has 2 aromatic rings. The van der Waals surface area contributed by atoms with E-state index in [9.17, 15) is 53.5 Å². The van der Waals surface area contributed by atoms with Gasteiger partial charge in [0.05, 0.1) is 11.1 Å². The molecule has 5 nitrogen and oxygen atoms in total. The third-order valence-electron chi connectivity index (χ3n) is 4.48. The number of carbonyl (C=O) groups is 2. The van der Waals surface area contributed by atoms with E-state index in [0.29, 0.717) is 19.1 Å². The van der Waals surface area contributed by atoms with Crippen molar-refractivity contribution in [1.29, 1.82) is 0 Å². The number of halogens is 10. The standard InChI is InChI=1S/C19H12F10N2O3/c1-8-10(16(20,17(21,22)23)18(24,25)26)5-3-6-11(8)31-15(33)13-9(14(30)32)4-2-7-12(13)34-19(27,28)29/h2-7H,1H3,(H2,30,32)(H,31,33). The van der Waals surface area contributed by atoms with Crippen LogP contribution < -0.4 is 15.8 Å². The van der Waals surface area contributed by atoms with Crippen LogP contribution in [0.4, 0.5) is 49.6 Å². The van der Waals surface area contributed by atoms with Crippen molar-refractivity contribution in [2.75, 3.05) is 5.32 Å². The second-order valence-electron chi connectivity index (χ2n) is 6.68. The zero-order valence-electron chi connectivity index (χ0n) is 16.5. The average Bonchev–Trinajstić information content (AvgIpc) is 2.65. The molecule has 0 unspecified atom stereocenters. The smallest absolute Gasteiger partial charge is 0.405 e. The summed E-state index contributed by atoms with van der Waals surface area (Å²) < 4.78 is 135. The fourth-order valence-electron chi connectivity index (χ4n) is 2.98. The first-order valence-corrected chi connectivity index (χ1v) is 8.73. The van der Waals surface area contributed by atoms with E-state index < -0.39 is 69.9 Å². The summed E-state index contributed by atoms with van der Waals surface area (Å²) in [6.45, 7) is 0.615. The van der Waals surface area contributed by atoms with Crippen molar-refractivity contribution in [3.63, 3.8) is 0 Å². The van der Waals surface area contributed by atoms with Gasteiger partial charge in [-0.1, -0.05) is 18.2 Å². The molecular weight excluding hydrogens is 494 g/mol. The summed E-state index contributed by atoms with van der Waals surface area (Å²) in [6, 6.07) is 3.80. The van der Waals surface area contributed by atoms with Crippen LogP contribution in [0.5, 0.6) is 5.75 Å². The monoisotopic (exact) mass is 506 g/mol. The van der Waals surface area contributed by atoms with Gasteiger partial charge >= 0.3 is 24.4 Å². The number of primary amides is 1. The number of amides is 2. The summed E-state index contributed by atoms with van der Waals surface area (Å²) >= 11 is 0. The summed E-state index contributed by atoms with van der Waals surface area (Å²) in [5, 5.41) is 1.77. The van der Waals surface area contributed by atoms with E-state index in [0.717, 1.165) is 18.2 Å². The third kappa shape index (κ3) is 5.02. The molecule has 34 heavy (non-hydrogen) atoms. The molecular formula is C19H12F10N2O3. The molecule has 0 saturated heterocycles. The van der Waals surface area contributed by atoms with Gasteiger partial charge in [0.1, 0.15) is 5.75 Å². The zero-order chi connectivity index (χ0) is 26.3. The first-order chi connectivity index (χ1) is 15.3. The summed E-state index contributed by atoms with van der Waals surface area (Å²) in [7, 11) is 0. The number of rotatable bonds is 5. The fourth-order valence-corrected chi connectivity index (χ4v) is 2.98. The molecule has 0 aromatic heterocycles. The van der Waals surface area contributed by atoms with Crippen LogP contribution in [0, 0.1) is 6.92 Å². The van der Waals surface area contributed by atoms with Crippen molar-refractivity contribution in [2.45, 2.75) is 31.3 Å². The summed E-state index contributed by atoms with van der Waals surface area (Å²) in [4.78, 5) is 24.2. The Kier molecular flexibility index (Phi) is 6.83. The SMILES string of the molecule is Cc1c(NC(=O)c2c(OC(F)(F)F)cccc2C(N)=O)cccc1C(F)(C(F)(F)F)C(F)(F)F. The molecule has 0 aliphatic heterocycles. The Labute approximate surface area is 183 Å². The minimum Gasteiger partial charge on any atom is -0.405 e. The van der Waals surface area contributed by atoms with E-state index in [2.05, 4.69) is 4.74 Å². The topological polar surface area (TPSA) is 81.4 Å². The quantitative estimate of drug-likeness (QED) is 0.523. The molecule has 0 bridgehead atoms. The molecule has 0 atom stereocenters. The maximum absolute atomic E-state index is 14.5. The van der Waals surface area contributed by atoms with Gasteiger partial charge < -0.3 is 15.8 Å². The Hall–Kier alpha value is -3.52. The van der Waals surface area contributed by atoms with E-state index in [1.54, 1.807) is 5.32 Å². The van der Waals surface area contributed by atoms with E-state index in [1.807, 2.05) is 0 Å². The second-order valence-corrected chi connectivity index (χ2v) is 6.68. The van der Waals surface area contributed by atoms with Gasteiger partial charge in [0.2, 0.25) is 5.91 Å². The van der Waals surface area contributed by atoms with Crippen LogP contribution in [-0.4, -0.2) is 30.5 Å². The number of ether oxygens (including phenoxy) is 1. The van der Waals surface area contributed by atoms with Gasteiger partial charge in [-0.3, -0.25) is 9.59 Å². The van der Waals surface area contributed by atoms with Gasteiger partial charge in [0.15, 0.2) is 0 Å². The van der Waals surface area contributed by atoms with Crippen LogP contribution in [0.2, 0.25) is 0 Å². The lowest BCUT2D eigenvalue weighted by Crippen LogP contribution is -2.50. The van der Waals surface area contributed by atoms with Crippen molar-refractivity contribution >= 4 is 17.5 Å². The van der Waals surface area contributed by atoms with Crippen LogP contribution in [0.3, 0.4) is 0 Å². The Bertz CT molecular complexity index is 1090. The highest BCUT2D eigenvalue weighted by atomic mass is 19.4. The molecule has 0 aliphatic rings. The highest BCUT2D eigenvalue weighted by Crippen LogP contribution is 2.54. The molecule has 3 N–H and O–H groups in total. The lowest BCUT2D eigenvalue weighted by Gasteiger charge is -2.32. The molecule has 2 amide bonds. The largest absolute Gasteiger partial charge is 0.573 e. The molecule has 0 fully saturated rings. The van der Waals surface area contributed by atoms with Gasteiger partial charge in [-0.15, -0.1) is 13.2 Å². The van der Waals surface area contributed by atoms with E-state index >= 15 is 0 Å². The summed E-state index contributed by atoms with van der Waals surface area (Å²) in [6.07, 6.45) is -18.3. The molecule has 0 heterocycles. The molecule has 0 saturated carbocycles. The maximum atomic E-state index is 14.5. The molecule has 15 heteroatoms. The van der Waals surface area contributed by atoms with Gasteiger partial charge in [0.25, 0.3) is 5.91 Å². The van der Waals surface area contributed by atoms with Crippen LogP contribution in [0.15, 0.2) is 36.4 Å². The highest BCUT2D eigenvalue weighted by molar-refractivity contribution is 6.13. The predicted molar refractivity (Wildman–Crippen MR) is 95.7 cm³/mol. The van der Waals surface area contributed by atoms with Crippen molar-refractivity contribution in [2.24, 2.45) is 5.73 Å². The van der Waals surface area contributed by atoms with Gasteiger partial charge in [-0.2, -0.15) is 26.3 Å². The number of benzene rings is 2. The second kappa shape index (κ2) is 8.68. The number of carbonyl (C=O) groups excluding carboxylic acids is 2. The highest BCUT2D eigenvalue weighted by Gasteiger charge is 2.74. The molecule has 0 spiro atoms. The van der Waals surface area contributed by atoms with Crippen LogP contribution in [0.25, 0.3) is 0 Å². The summed E-state index contributed by atoms with van der Waals surface area (Å²) in [5.41, 5.74) is -6.50. The maximum Gasteiger partial charge on any atom is 0.573 e. The molecule has 186 valence electrons. The third-order valence-corrected chi connectivity index (χ3v) is 4.48. The Morgan fingerprint density at radius 1 is 0.853 bits per heavy atom. The van der Waals surface area contributed by atoms with E-state index in [1.165, 1.54) is 0 Å². The lowest BCUT2D eigenvalue weighted by atomic mass is 9.89. The Morgan fingerprint density at radius 3 is 1.85 bits per heavy atom. The van der Waals surface area contributed by atoms with E-state index in [-0.39, 0.29) is 6.07 Å². The Balaban J connectivity index is 2.64. The normalized spacial score (nSPS) is 12.9. The van der Waals surface area contributed by atoms with Crippen molar-refractivity contribution < 1.29 is 58.2 Å². The number of nitrogens with two attached hydrogens (primary N) is 1. The van der Waals surface area contributed by atoms with Gasteiger partial charge in [-0.25, -0.2) is 4.39 Å².